The first-order chi connectivity index (χ1) is 10.5. The molecule has 0 radical (unpaired) electrons. The Balaban J connectivity index is 1.99. The van der Waals surface area contributed by atoms with Crippen LogP contribution in [0.2, 0.25) is 0 Å². The summed E-state index contributed by atoms with van der Waals surface area (Å²) in [4.78, 5) is 35.1. The predicted octanol–water partition coefficient (Wildman–Crippen LogP) is 1.10. The number of hydrogen-bond acceptors (Lipinski definition) is 3. The second kappa shape index (κ2) is 7.15. The molecule has 0 bridgehead atoms. The molecule has 0 aliphatic heterocycles. The van der Waals surface area contributed by atoms with Crippen LogP contribution in [0.1, 0.15) is 31.2 Å². The van der Waals surface area contributed by atoms with Gasteiger partial charge in [-0.05, 0) is 36.5 Å². The van der Waals surface area contributed by atoms with Crippen LogP contribution >= 0.6 is 0 Å². The third kappa shape index (κ3) is 4.38. The van der Waals surface area contributed by atoms with E-state index in [1.165, 1.54) is 18.2 Å². The van der Waals surface area contributed by atoms with Gasteiger partial charge in [-0.2, -0.15) is 0 Å². The van der Waals surface area contributed by atoms with Gasteiger partial charge in [-0.25, -0.2) is 4.39 Å². The van der Waals surface area contributed by atoms with Crippen LogP contribution in [0, 0.1) is 11.7 Å². The first-order valence-corrected chi connectivity index (χ1v) is 7.30. The highest BCUT2D eigenvalue weighted by Gasteiger charge is 2.31. The van der Waals surface area contributed by atoms with Crippen LogP contribution in [0.5, 0.6) is 0 Å². The molecule has 1 saturated carbocycles. The van der Waals surface area contributed by atoms with Crippen molar-refractivity contribution >= 4 is 17.6 Å². The number of benzene rings is 1. The van der Waals surface area contributed by atoms with Crippen molar-refractivity contribution in [3.05, 3.63) is 35.6 Å². The Morgan fingerprint density at radius 1 is 1.41 bits per heavy atom. The Hall–Kier alpha value is -2.24. The van der Waals surface area contributed by atoms with Crippen molar-refractivity contribution in [2.75, 3.05) is 0 Å². The Morgan fingerprint density at radius 3 is 2.82 bits per heavy atom. The van der Waals surface area contributed by atoms with Crippen LogP contribution in [0.25, 0.3) is 0 Å². The number of amides is 2. The van der Waals surface area contributed by atoms with E-state index in [1.807, 2.05) is 0 Å². The van der Waals surface area contributed by atoms with Crippen molar-refractivity contribution in [2.45, 2.75) is 38.1 Å². The van der Waals surface area contributed by atoms with Gasteiger partial charge in [-0.3, -0.25) is 14.4 Å². The number of primary amides is 1. The molecule has 2 atom stereocenters. The minimum absolute atomic E-state index is 0.0395. The number of rotatable bonds is 5. The number of carbonyl (C=O) groups is 3. The van der Waals surface area contributed by atoms with E-state index >= 15 is 0 Å². The summed E-state index contributed by atoms with van der Waals surface area (Å²) in [5.41, 5.74) is 5.87. The summed E-state index contributed by atoms with van der Waals surface area (Å²) < 4.78 is 13.1. The first kappa shape index (κ1) is 16.1. The maximum Gasteiger partial charge on any atom is 0.240 e. The van der Waals surface area contributed by atoms with Gasteiger partial charge in [0.2, 0.25) is 11.8 Å². The molecule has 118 valence electrons. The lowest BCUT2D eigenvalue weighted by Gasteiger charge is -2.28. The topological polar surface area (TPSA) is 89.3 Å². The molecule has 0 heterocycles. The largest absolute Gasteiger partial charge is 0.368 e. The molecular formula is C16H19FN2O3. The van der Waals surface area contributed by atoms with Gasteiger partial charge in [0, 0.05) is 12.8 Å². The van der Waals surface area contributed by atoms with Gasteiger partial charge in [-0.15, -0.1) is 0 Å². The number of Topliss-reactive ketones (excluding diaryl/α,β-unsaturated/α-hetero) is 1. The standard InChI is InChI=1S/C16H19FN2O3/c17-12-5-1-3-10(7-12)8-14(21)19-15(16(18)22)11-4-2-6-13(20)9-11/h1,3,5,7,11,15H,2,4,6,8-9H2,(H2,18,22)(H,19,21)/t11-,15+/m1/s1. The summed E-state index contributed by atoms with van der Waals surface area (Å²) in [6, 6.07) is 4.85. The number of carbonyl (C=O) groups excluding carboxylic acids is 3. The van der Waals surface area contributed by atoms with E-state index in [0.29, 0.717) is 24.8 Å². The normalized spacial score (nSPS) is 19.5. The second-order valence-electron chi connectivity index (χ2n) is 5.65. The molecule has 0 aromatic heterocycles. The van der Waals surface area contributed by atoms with E-state index in [2.05, 4.69) is 5.32 Å². The van der Waals surface area contributed by atoms with Crippen LogP contribution in [-0.2, 0) is 20.8 Å². The van der Waals surface area contributed by atoms with Crippen LogP contribution in [0.3, 0.4) is 0 Å². The van der Waals surface area contributed by atoms with Crippen molar-refractivity contribution in [2.24, 2.45) is 11.7 Å². The lowest BCUT2D eigenvalue weighted by atomic mass is 9.83. The number of nitrogens with one attached hydrogen (secondary N) is 1. The highest BCUT2D eigenvalue weighted by Crippen LogP contribution is 2.24. The van der Waals surface area contributed by atoms with Crippen LogP contribution < -0.4 is 11.1 Å². The fourth-order valence-electron chi connectivity index (χ4n) is 2.82. The molecule has 1 aliphatic carbocycles. The zero-order valence-electron chi connectivity index (χ0n) is 12.2. The van der Waals surface area contributed by atoms with Crippen LogP contribution in [-0.4, -0.2) is 23.6 Å². The third-order valence-corrected chi connectivity index (χ3v) is 3.87. The van der Waals surface area contributed by atoms with E-state index in [-0.39, 0.29) is 24.5 Å². The average molecular weight is 306 g/mol. The van der Waals surface area contributed by atoms with Gasteiger partial charge in [0.15, 0.2) is 0 Å². The van der Waals surface area contributed by atoms with Crippen molar-refractivity contribution in [1.82, 2.24) is 5.32 Å². The third-order valence-electron chi connectivity index (χ3n) is 3.87. The smallest absolute Gasteiger partial charge is 0.240 e. The lowest BCUT2D eigenvalue weighted by Crippen LogP contribution is -2.50. The van der Waals surface area contributed by atoms with Crippen LogP contribution in [0.4, 0.5) is 4.39 Å². The van der Waals surface area contributed by atoms with E-state index in [0.717, 1.165) is 0 Å². The zero-order valence-corrected chi connectivity index (χ0v) is 12.2. The van der Waals surface area contributed by atoms with E-state index in [1.54, 1.807) is 6.07 Å². The van der Waals surface area contributed by atoms with Gasteiger partial charge in [-0.1, -0.05) is 12.1 Å². The van der Waals surface area contributed by atoms with E-state index in [4.69, 9.17) is 5.73 Å². The number of hydrogen-bond donors (Lipinski definition) is 2. The molecule has 0 spiro atoms. The lowest BCUT2D eigenvalue weighted by molar-refractivity contribution is -0.130. The fourth-order valence-corrected chi connectivity index (χ4v) is 2.82. The first-order valence-electron chi connectivity index (χ1n) is 7.30. The second-order valence-corrected chi connectivity index (χ2v) is 5.65. The summed E-state index contributed by atoms with van der Waals surface area (Å²) >= 11 is 0. The SMILES string of the molecule is NC(=O)[C@@H](NC(=O)Cc1cccc(F)c1)[C@@H]1CCCC(=O)C1. The van der Waals surface area contributed by atoms with Gasteiger partial charge >= 0.3 is 0 Å². The molecule has 1 aromatic rings. The molecule has 0 saturated heterocycles. The van der Waals surface area contributed by atoms with Crippen molar-refractivity contribution in [3.63, 3.8) is 0 Å². The van der Waals surface area contributed by atoms with Crippen molar-refractivity contribution in [3.8, 4) is 0 Å². The molecule has 22 heavy (non-hydrogen) atoms. The molecule has 5 nitrogen and oxygen atoms in total. The van der Waals surface area contributed by atoms with Gasteiger partial charge in [0.25, 0.3) is 0 Å². The summed E-state index contributed by atoms with van der Waals surface area (Å²) in [6.07, 6.45) is 2.11. The minimum Gasteiger partial charge on any atom is -0.368 e. The summed E-state index contributed by atoms with van der Waals surface area (Å²) in [6.45, 7) is 0. The van der Waals surface area contributed by atoms with E-state index in [9.17, 15) is 18.8 Å². The average Bonchev–Trinajstić information content (AvgIpc) is 2.44. The molecule has 0 unspecified atom stereocenters. The van der Waals surface area contributed by atoms with Gasteiger partial charge in [0.1, 0.15) is 17.6 Å². The minimum atomic E-state index is -0.856. The number of ketones is 1. The maximum atomic E-state index is 13.1. The molecule has 2 rings (SSSR count). The summed E-state index contributed by atoms with van der Waals surface area (Å²) in [7, 11) is 0. The summed E-state index contributed by atoms with van der Waals surface area (Å²) in [5, 5.41) is 2.59. The molecule has 1 fully saturated rings. The highest BCUT2D eigenvalue weighted by molar-refractivity contribution is 5.89. The fraction of sp³-hybridized carbons (Fsp3) is 0.438. The molecule has 1 aliphatic rings. The monoisotopic (exact) mass is 306 g/mol. The van der Waals surface area contributed by atoms with Crippen molar-refractivity contribution in [1.29, 1.82) is 0 Å². The summed E-state index contributed by atoms with van der Waals surface area (Å²) in [5.74, 6) is -1.65. The Labute approximate surface area is 128 Å². The zero-order chi connectivity index (χ0) is 16.1. The Morgan fingerprint density at radius 2 is 2.18 bits per heavy atom. The van der Waals surface area contributed by atoms with Gasteiger partial charge < -0.3 is 11.1 Å². The molecular weight excluding hydrogens is 287 g/mol. The van der Waals surface area contributed by atoms with Gasteiger partial charge in [0.05, 0.1) is 6.42 Å². The molecule has 6 heteroatoms. The molecule has 1 aromatic carbocycles. The molecule has 2 amide bonds. The number of halogens is 1. The highest BCUT2D eigenvalue weighted by atomic mass is 19.1. The Kier molecular flexibility index (Phi) is 5.25. The molecule has 3 N–H and O–H groups in total. The number of nitrogens with two attached hydrogens (primary N) is 1. The Bertz CT molecular complexity index is 589. The van der Waals surface area contributed by atoms with Crippen LogP contribution in [0.15, 0.2) is 24.3 Å². The predicted molar refractivity (Wildman–Crippen MR) is 78.2 cm³/mol. The maximum absolute atomic E-state index is 13.1. The van der Waals surface area contributed by atoms with E-state index < -0.39 is 23.7 Å². The van der Waals surface area contributed by atoms with Crippen molar-refractivity contribution < 1.29 is 18.8 Å². The quantitative estimate of drug-likeness (QED) is 0.853.